The molecular formula is C15H29NO. The molecule has 2 fully saturated rings. The Bertz CT molecular complexity index is 191. The zero-order chi connectivity index (χ0) is 11.9. The van der Waals surface area contributed by atoms with E-state index in [4.69, 9.17) is 4.74 Å². The number of hydrogen-bond donors (Lipinski definition) is 1. The highest BCUT2D eigenvalue weighted by molar-refractivity contribution is 4.78. The molecule has 0 unspecified atom stereocenters. The molecule has 0 bridgehead atoms. The van der Waals surface area contributed by atoms with Gasteiger partial charge in [0, 0.05) is 6.04 Å². The van der Waals surface area contributed by atoms with E-state index in [2.05, 4.69) is 12.2 Å². The Morgan fingerprint density at radius 3 is 2.00 bits per heavy atom. The highest BCUT2D eigenvalue weighted by Crippen LogP contribution is 2.26. The van der Waals surface area contributed by atoms with Crippen molar-refractivity contribution in [2.75, 3.05) is 6.54 Å². The van der Waals surface area contributed by atoms with Gasteiger partial charge in [0.1, 0.15) is 0 Å². The summed E-state index contributed by atoms with van der Waals surface area (Å²) in [7, 11) is 0. The van der Waals surface area contributed by atoms with E-state index >= 15 is 0 Å². The van der Waals surface area contributed by atoms with Crippen LogP contribution in [-0.4, -0.2) is 24.8 Å². The molecule has 0 heterocycles. The molecule has 0 amide bonds. The lowest BCUT2D eigenvalue weighted by Gasteiger charge is -2.31. The molecular weight excluding hydrogens is 210 g/mol. The first-order chi connectivity index (χ1) is 8.38. The molecule has 0 spiro atoms. The van der Waals surface area contributed by atoms with E-state index in [1.807, 2.05) is 0 Å². The molecule has 0 saturated heterocycles. The van der Waals surface area contributed by atoms with Crippen LogP contribution in [0.25, 0.3) is 0 Å². The molecule has 2 aliphatic rings. The summed E-state index contributed by atoms with van der Waals surface area (Å²) in [4.78, 5) is 0. The summed E-state index contributed by atoms with van der Waals surface area (Å²) in [6, 6.07) is 0.758. The van der Waals surface area contributed by atoms with Gasteiger partial charge in [0.15, 0.2) is 0 Å². The molecule has 0 aromatic heterocycles. The van der Waals surface area contributed by atoms with E-state index in [0.717, 1.165) is 12.6 Å². The van der Waals surface area contributed by atoms with Crippen molar-refractivity contribution in [3.05, 3.63) is 0 Å². The third kappa shape index (κ3) is 4.59. The quantitative estimate of drug-likeness (QED) is 0.756. The van der Waals surface area contributed by atoms with Gasteiger partial charge in [-0.2, -0.15) is 0 Å². The number of nitrogens with one attached hydrogen (secondary N) is 1. The standard InChI is InChI=1S/C15H29NO/c1-2-16-13-9-11-15(12-10-13)17-14-7-5-3-4-6-8-14/h13-16H,2-12H2,1H3. The van der Waals surface area contributed by atoms with E-state index in [9.17, 15) is 0 Å². The third-order valence-electron chi connectivity index (χ3n) is 4.35. The van der Waals surface area contributed by atoms with Gasteiger partial charge in [-0.05, 0) is 45.1 Å². The zero-order valence-corrected chi connectivity index (χ0v) is 11.4. The Kier molecular flexibility index (Phi) is 5.79. The van der Waals surface area contributed by atoms with Crippen molar-refractivity contribution in [3.63, 3.8) is 0 Å². The smallest absolute Gasteiger partial charge is 0.0580 e. The highest BCUT2D eigenvalue weighted by atomic mass is 16.5. The Labute approximate surface area is 107 Å². The third-order valence-corrected chi connectivity index (χ3v) is 4.35. The topological polar surface area (TPSA) is 21.3 Å². The molecule has 17 heavy (non-hydrogen) atoms. The van der Waals surface area contributed by atoms with E-state index in [1.165, 1.54) is 64.2 Å². The van der Waals surface area contributed by atoms with Gasteiger partial charge >= 0.3 is 0 Å². The molecule has 2 aliphatic carbocycles. The number of rotatable bonds is 4. The van der Waals surface area contributed by atoms with Crippen LogP contribution in [-0.2, 0) is 4.74 Å². The maximum absolute atomic E-state index is 6.31. The fourth-order valence-corrected chi connectivity index (χ4v) is 3.34. The molecule has 0 aromatic rings. The monoisotopic (exact) mass is 239 g/mol. The van der Waals surface area contributed by atoms with Crippen LogP contribution < -0.4 is 5.32 Å². The minimum absolute atomic E-state index is 0.563. The molecule has 2 rings (SSSR count). The van der Waals surface area contributed by atoms with Crippen LogP contribution in [0.1, 0.15) is 71.1 Å². The molecule has 0 aliphatic heterocycles. The first-order valence-electron chi connectivity index (χ1n) is 7.77. The zero-order valence-electron chi connectivity index (χ0n) is 11.4. The van der Waals surface area contributed by atoms with Crippen molar-refractivity contribution in [3.8, 4) is 0 Å². The van der Waals surface area contributed by atoms with Crippen LogP contribution in [0.15, 0.2) is 0 Å². The van der Waals surface area contributed by atoms with E-state index < -0.39 is 0 Å². The first-order valence-corrected chi connectivity index (χ1v) is 7.77. The fourth-order valence-electron chi connectivity index (χ4n) is 3.34. The van der Waals surface area contributed by atoms with Crippen LogP contribution in [0.3, 0.4) is 0 Å². The maximum atomic E-state index is 6.31. The van der Waals surface area contributed by atoms with Gasteiger partial charge < -0.3 is 10.1 Å². The molecule has 2 nitrogen and oxygen atoms in total. The Hall–Kier alpha value is -0.0800. The summed E-state index contributed by atoms with van der Waals surface area (Å²) in [6.07, 6.45) is 14.6. The van der Waals surface area contributed by atoms with Gasteiger partial charge in [0.05, 0.1) is 12.2 Å². The van der Waals surface area contributed by atoms with Gasteiger partial charge in [-0.15, -0.1) is 0 Å². The predicted octanol–water partition coefficient (Wildman–Crippen LogP) is 3.65. The molecule has 0 aromatic carbocycles. The molecule has 0 atom stereocenters. The maximum Gasteiger partial charge on any atom is 0.0580 e. The number of ether oxygens (including phenoxy) is 1. The van der Waals surface area contributed by atoms with Crippen molar-refractivity contribution in [2.24, 2.45) is 0 Å². The van der Waals surface area contributed by atoms with Gasteiger partial charge in [0.2, 0.25) is 0 Å². The second-order valence-corrected chi connectivity index (χ2v) is 5.78. The van der Waals surface area contributed by atoms with Crippen LogP contribution in [0, 0.1) is 0 Å². The molecule has 0 radical (unpaired) electrons. The summed E-state index contributed by atoms with van der Waals surface area (Å²) >= 11 is 0. The Morgan fingerprint density at radius 1 is 0.824 bits per heavy atom. The van der Waals surface area contributed by atoms with Crippen molar-refractivity contribution in [1.29, 1.82) is 0 Å². The van der Waals surface area contributed by atoms with Crippen LogP contribution in [0.4, 0.5) is 0 Å². The molecule has 100 valence electrons. The fraction of sp³-hybridized carbons (Fsp3) is 1.00. The average molecular weight is 239 g/mol. The summed E-state index contributed by atoms with van der Waals surface area (Å²) in [5.41, 5.74) is 0. The molecule has 2 saturated carbocycles. The Balaban J connectivity index is 1.66. The summed E-state index contributed by atoms with van der Waals surface area (Å²) in [5.74, 6) is 0. The van der Waals surface area contributed by atoms with Crippen molar-refractivity contribution in [2.45, 2.75) is 89.4 Å². The summed E-state index contributed by atoms with van der Waals surface area (Å²) < 4.78 is 6.31. The first kappa shape index (κ1) is 13.4. The summed E-state index contributed by atoms with van der Waals surface area (Å²) in [5, 5.41) is 3.56. The average Bonchev–Trinajstić information content (AvgIpc) is 2.61. The van der Waals surface area contributed by atoms with Crippen LogP contribution in [0.2, 0.25) is 0 Å². The van der Waals surface area contributed by atoms with E-state index in [-0.39, 0.29) is 0 Å². The molecule has 1 N–H and O–H groups in total. The second-order valence-electron chi connectivity index (χ2n) is 5.78. The minimum atomic E-state index is 0.563. The predicted molar refractivity (Wildman–Crippen MR) is 72.3 cm³/mol. The lowest BCUT2D eigenvalue weighted by Crippen LogP contribution is -2.36. The normalized spacial score (nSPS) is 32.3. The lowest BCUT2D eigenvalue weighted by atomic mass is 9.92. The molecule has 2 heteroatoms. The van der Waals surface area contributed by atoms with Crippen LogP contribution >= 0.6 is 0 Å². The van der Waals surface area contributed by atoms with Gasteiger partial charge in [-0.1, -0.05) is 32.6 Å². The highest BCUT2D eigenvalue weighted by Gasteiger charge is 2.24. The minimum Gasteiger partial charge on any atom is -0.375 e. The van der Waals surface area contributed by atoms with Gasteiger partial charge in [-0.3, -0.25) is 0 Å². The second kappa shape index (κ2) is 7.38. The van der Waals surface area contributed by atoms with Crippen LogP contribution in [0.5, 0.6) is 0 Å². The van der Waals surface area contributed by atoms with E-state index in [1.54, 1.807) is 0 Å². The summed E-state index contributed by atoms with van der Waals surface area (Å²) in [6.45, 7) is 3.31. The van der Waals surface area contributed by atoms with Gasteiger partial charge in [0.25, 0.3) is 0 Å². The van der Waals surface area contributed by atoms with E-state index in [0.29, 0.717) is 12.2 Å². The van der Waals surface area contributed by atoms with Crippen molar-refractivity contribution < 1.29 is 4.74 Å². The van der Waals surface area contributed by atoms with Crippen molar-refractivity contribution >= 4 is 0 Å². The lowest BCUT2D eigenvalue weighted by molar-refractivity contribution is -0.0392. The van der Waals surface area contributed by atoms with Crippen molar-refractivity contribution in [1.82, 2.24) is 5.32 Å². The largest absolute Gasteiger partial charge is 0.375 e. The number of hydrogen-bond acceptors (Lipinski definition) is 2. The van der Waals surface area contributed by atoms with Gasteiger partial charge in [-0.25, -0.2) is 0 Å². The Morgan fingerprint density at radius 2 is 1.41 bits per heavy atom. The SMILES string of the molecule is CCNC1CCC(OC2CCCCCC2)CC1.